The van der Waals surface area contributed by atoms with Crippen molar-refractivity contribution in [2.24, 2.45) is 10.9 Å². The fourth-order valence-electron chi connectivity index (χ4n) is 3.80. The van der Waals surface area contributed by atoms with Gasteiger partial charge in [0, 0.05) is 41.0 Å². The van der Waals surface area contributed by atoms with Crippen molar-refractivity contribution < 1.29 is 4.79 Å². The number of nitrogens with zero attached hydrogens (tertiary/aromatic N) is 3. The maximum absolute atomic E-state index is 12.4. The van der Waals surface area contributed by atoms with Crippen LogP contribution in [0.1, 0.15) is 41.9 Å². The van der Waals surface area contributed by atoms with E-state index >= 15 is 0 Å². The molecule has 4 aromatic rings. The molecule has 6 nitrogen and oxygen atoms in total. The summed E-state index contributed by atoms with van der Waals surface area (Å²) in [5.74, 6) is 1.82. The van der Waals surface area contributed by atoms with Crippen LogP contribution in [-0.2, 0) is 6.54 Å². The van der Waals surface area contributed by atoms with Crippen molar-refractivity contribution in [1.29, 1.82) is 0 Å². The third-order valence-electron chi connectivity index (χ3n) is 5.34. The second-order valence-electron chi connectivity index (χ2n) is 8.28. The van der Waals surface area contributed by atoms with E-state index < -0.39 is 0 Å². The molecule has 3 heterocycles. The summed E-state index contributed by atoms with van der Waals surface area (Å²) >= 11 is 0. The van der Waals surface area contributed by atoms with Crippen LogP contribution in [0.2, 0.25) is 0 Å². The second kappa shape index (κ2) is 7.80. The summed E-state index contributed by atoms with van der Waals surface area (Å²) in [7, 11) is 0. The lowest BCUT2D eigenvalue weighted by Crippen LogP contribution is -2.03. The zero-order valence-corrected chi connectivity index (χ0v) is 17.5. The van der Waals surface area contributed by atoms with Crippen LogP contribution in [0.5, 0.6) is 0 Å². The molecular weight excluding hydrogens is 386 g/mol. The summed E-state index contributed by atoms with van der Waals surface area (Å²) in [5, 5.41) is 4.36. The average Bonchev–Trinajstić information content (AvgIpc) is 3.39. The number of aliphatic imine (C=N–C) groups is 1. The van der Waals surface area contributed by atoms with Gasteiger partial charge in [-0.3, -0.25) is 9.79 Å². The van der Waals surface area contributed by atoms with Crippen LogP contribution in [0, 0.1) is 5.92 Å². The number of fused-ring (bicyclic) bond motifs is 2. The number of aromatic nitrogens is 3. The number of anilines is 2. The van der Waals surface area contributed by atoms with Gasteiger partial charge >= 0.3 is 0 Å². The molecule has 0 saturated carbocycles. The molecule has 0 bridgehead atoms. The number of ketones is 1. The number of carbonyl (C=O) groups is 1. The first kappa shape index (κ1) is 19.2. The van der Waals surface area contributed by atoms with Gasteiger partial charge in [-0.2, -0.15) is 0 Å². The summed E-state index contributed by atoms with van der Waals surface area (Å²) < 4.78 is 0. The second-order valence-corrected chi connectivity index (χ2v) is 8.28. The predicted octanol–water partition coefficient (Wildman–Crippen LogP) is 5.53. The Kier molecular flexibility index (Phi) is 4.82. The van der Waals surface area contributed by atoms with Crippen molar-refractivity contribution in [3.63, 3.8) is 0 Å². The van der Waals surface area contributed by atoms with Gasteiger partial charge in [0.2, 0.25) is 0 Å². The first-order valence-corrected chi connectivity index (χ1v) is 10.4. The molecule has 0 saturated heterocycles. The number of hydrogen-bond acceptors (Lipinski definition) is 5. The molecule has 2 aromatic carbocycles. The van der Waals surface area contributed by atoms with Gasteiger partial charge in [-0.15, -0.1) is 0 Å². The highest BCUT2D eigenvalue weighted by Crippen LogP contribution is 2.26. The van der Waals surface area contributed by atoms with E-state index in [2.05, 4.69) is 37.4 Å². The zero-order chi connectivity index (χ0) is 21.4. The Bertz CT molecular complexity index is 1320. The molecule has 6 heteroatoms. The van der Waals surface area contributed by atoms with Crippen molar-refractivity contribution in [3.8, 4) is 11.4 Å². The van der Waals surface area contributed by atoms with Crippen molar-refractivity contribution in [2.75, 3.05) is 5.32 Å². The summed E-state index contributed by atoms with van der Waals surface area (Å²) in [6.45, 7) is 4.82. The normalized spacial score (nSPS) is 12.5. The molecule has 5 rings (SSSR count). The van der Waals surface area contributed by atoms with E-state index in [0.717, 1.165) is 34.5 Å². The van der Waals surface area contributed by atoms with E-state index in [1.165, 1.54) is 11.1 Å². The Labute approximate surface area is 180 Å². The predicted molar refractivity (Wildman–Crippen MR) is 124 cm³/mol. The molecule has 2 N–H and O–H groups in total. The molecule has 1 aliphatic heterocycles. The van der Waals surface area contributed by atoms with Crippen LogP contribution in [0.3, 0.4) is 0 Å². The van der Waals surface area contributed by atoms with Crippen molar-refractivity contribution in [1.82, 2.24) is 15.0 Å². The minimum absolute atomic E-state index is 0.134. The fourth-order valence-corrected chi connectivity index (χ4v) is 3.80. The Morgan fingerprint density at radius 1 is 1.13 bits per heavy atom. The lowest BCUT2D eigenvalue weighted by molar-refractivity contribution is 0.0964. The zero-order valence-electron chi connectivity index (χ0n) is 17.5. The smallest absolute Gasteiger partial charge is 0.179 e. The van der Waals surface area contributed by atoms with E-state index in [0.29, 0.717) is 23.9 Å². The van der Waals surface area contributed by atoms with Crippen molar-refractivity contribution in [3.05, 3.63) is 71.5 Å². The third kappa shape index (κ3) is 3.97. The summed E-state index contributed by atoms with van der Waals surface area (Å²) in [6, 6.07) is 15.9. The topological polar surface area (TPSA) is 83.0 Å². The highest BCUT2D eigenvalue weighted by molar-refractivity contribution is 6.00. The average molecular weight is 409 g/mol. The monoisotopic (exact) mass is 409 g/mol. The minimum Gasteiger partial charge on any atom is -0.352 e. The molecule has 0 amide bonds. The molecule has 0 aliphatic carbocycles. The number of rotatable bonds is 6. The first-order valence-electron chi connectivity index (χ1n) is 10.4. The molecule has 2 aromatic heterocycles. The number of hydrogen-bond donors (Lipinski definition) is 2. The standard InChI is InChI=1S/C25H23N5O/c1-15(2)9-23(31)22-11-16-3-4-17(12-21(16)29-22)25-27-8-7-24(30-25)28-20-6-5-18-13-26-14-19(18)10-20/h3-8,10-13,15,29H,9,14H2,1-2H3,(H,27,28,30). The molecule has 1 aliphatic rings. The summed E-state index contributed by atoms with van der Waals surface area (Å²) in [6.07, 6.45) is 4.18. The maximum Gasteiger partial charge on any atom is 0.179 e. The molecule has 0 spiro atoms. The number of carbonyl (C=O) groups excluding carboxylic acids is 1. The number of benzene rings is 2. The van der Waals surface area contributed by atoms with Gasteiger partial charge in [-0.05, 0) is 47.4 Å². The van der Waals surface area contributed by atoms with Crippen LogP contribution < -0.4 is 5.32 Å². The van der Waals surface area contributed by atoms with Gasteiger partial charge in [-0.25, -0.2) is 9.97 Å². The van der Waals surface area contributed by atoms with Crippen LogP contribution in [0.4, 0.5) is 11.5 Å². The Hall–Kier alpha value is -3.80. The third-order valence-corrected chi connectivity index (χ3v) is 5.34. The quantitative estimate of drug-likeness (QED) is 0.410. The van der Waals surface area contributed by atoms with Crippen LogP contribution in [-0.4, -0.2) is 26.9 Å². The Balaban J connectivity index is 1.40. The number of Topliss-reactive ketones (excluding diaryl/α,β-unsaturated/α-hetero) is 1. The van der Waals surface area contributed by atoms with Crippen LogP contribution in [0.15, 0.2) is 59.7 Å². The lowest BCUT2D eigenvalue weighted by Gasteiger charge is -2.08. The van der Waals surface area contributed by atoms with Gasteiger partial charge in [0.25, 0.3) is 0 Å². The van der Waals surface area contributed by atoms with Crippen molar-refractivity contribution in [2.45, 2.75) is 26.8 Å². The van der Waals surface area contributed by atoms with E-state index in [4.69, 9.17) is 0 Å². The highest BCUT2D eigenvalue weighted by Gasteiger charge is 2.13. The summed E-state index contributed by atoms with van der Waals surface area (Å²) in [4.78, 5) is 29.1. The minimum atomic E-state index is 0.134. The van der Waals surface area contributed by atoms with E-state index in [1.807, 2.05) is 56.5 Å². The fraction of sp³-hybridized carbons (Fsp3) is 0.200. The van der Waals surface area contributed by atoms with Crippen LogP contribution >= 0.6 is 0 Å². The summed E-state index contributed by atoms with van der Waals surface area (Å²) in [5.41, 5.74) is 5.80. The number of aromatic amines is 1. The highest BCUT2D eigenvalue weighted by atomic mass is 16.1. The SMILES string of the molecule is CC(C)CC(=O)c1cc2ccc(-c3nccc(Nc4ccc5c(c4)CN=C5)n3)cc2[nH]1. The molecule has 0 radical (unpaired) electrons. The number of H-pyrrole nitrogens is 1. The maximum atomic E-state index is 12.4. The molecular formula is C25H23N5O. The molecule has 0 fully saturated rings. The lowest BCUT2D eigenvalue weighted by atomic mass is 10.1. The Morgan fingerprint density at radius 2 is 2.03 bits per heavy atom. The largest absolute Gasteiger partial charge is 0.352 e. The van der Waals surface area contributed by atoms with E-state index in [-0.39, 0.29) is 5.78 Å². The van der Waals surface area contributed by atoms with Crippen molar-refractivity contribution >= 4 is 34.4 Å². The van der Waals surface area contributed by atoms with E-state index in [1.54, 1.807) is 6.20 Å². The Morgan fingerprint density at radius 3 is 2.90 bits per heavy atom. The van der Waals surface area contributed by atoms with Gasteiger partial charge in [0.15, 0.2) is 11.6 Å². The molecule has 0 unspecified atom stereocenters. The van der Waals surface area contributed by atoms with E-state index in [9.17, 15) is 4.79 Å². The first-order chi connectivity index (χ1) is 15.0. The van der Waals surface area contributed by atoms with Gasteiger partial charge in [0.1, 0.15) is 5.82 Å². The van der Waals surface area contributed by atoms with Crippen LogP contribution in [0.25, 0.3) is 22.3 Å². The number of nitrogens with one attached hydrogen (secondary N) is 2. The molecule has 31 heavy (non-hydrogen) atoms. The molecule has 154 valence electrons. The van der Waals surface area contributed by atoms with Gasteiger partial charge in [-0.1, -0.05) is 32.0 Å². The van der Waals surface area contributed by atoms with Gasteiger partial charge < -0.3 is 10.3 Å². The molecule has 0 atom stereocenters. The van der Waals surface area contributed by atoms with Gasteiger partial charge in [0.05, 0.1) is 12.2 Å².